The van der Waals surface area contributed by atoms with E-state index in [0.717, 1.165) is 11.8 Å². The van der Waals surface area contributed by atoms with Crippen molar-refractivity contribution in [1.82, 2.24) is 0 Å². The SMILES string of the molecule is CCOC(=O)C(C(=O)OCC)=C1SC(=O)CN1c1ccccc1. The highest BCUT2D eigenvalue weighted by atomic mass is 32.2. The predicted octanol–water partition coefficient (Wildman–Crippen LogP) is 2.10. The van der Waals surface area contributed by atoms with Crippen molar-refractivity contribution in [3.63, 3.8) is 0 Å². The van der Waals surface area contributed by atoms with Gasteiger partial charge in [-0.05, 0) is 37.7 Å². The van der Waals surface area contributed by atoms with Crippen LogP contribution in [0.1, 0.15) is 13.8 Å². The zero-order valence-electron chi connectivity index (χ0n) is 12.9. The maximum atomic E-state index is 12.2. The minimum absolute atomic E-state index is 0.0757. The molecule has 0 unspecified atom stereocenters. The van der Waals surface area contributed by atoms with Gasteiger partial charge in [0, 0.05) is 5.69 Å². The number of thioether (sulfide) groups is 1. The lowest BCUT2D eigenvalue weighted by molar-refractivity contribution is -0.146. The highest BCUT2D eigenvalue weighted by molar-refractivity contribution is 8.17. The molecule has 7 heteroatoms. The highest BCUT2D eigenvalue weighted by Gasteiger charge is 2.36. The van der Waals surface area contributed by atoms with Gasteiger partial charge in [-0.2, -0.15) is 0 Å². The molecule has 1 fully saturated rings. The molecule has 2 rings (SSSR count). The Balaban J connectivity index is 2.50. The van der Waals surface area contributed by atoms with E-state index < -0.39 is 11.9 Å². The molecule has 1 saturated heterocycles. The van der Waals surface area contributed by atoms with E-state index in [2.05, 4.69) is 0 Å². The van der Waals surface area contributed by atoms with Crippen LogP contribution in [0.2, 0.25) is 0 Å². The number of carbonyl (C=O) groups excluding carboxylic acids is 3. The van der Waals surface area contributed by atoms with Gasteiger partial charge in [-0.15, -0.1) is 0 Å². The van der Waals surface area contributed by atoms with Crippen LogP contribution in [0, 0.1) is 0 Å². The molecule has 0 aromatic heterocycles. The molecule has 0 N–H and O–H groups in total. The molecule has 0 aliphatic carbocycles. The fourth-order valence-electron chi connectivity index (χ4n) is 2.06. The predicted molar refractivity (Wildman–Crippen MR) is 86.7 cm³/mol. The van der Waals surface area contributed by atoms with Crippen molar-refractivity contribution < 1.29 is 23.9 Å². The van der Waals surface area contributed by atoms with E-state index in [9.17, 15) is 14.4 Å². The fraction of sp³-hybridized carbons (Fsp3) is 0.312. The van der Waals surface area contributed by atoms with Crippen molar-refractivity contribution in [3.05, 3.63) is 40.9 Å². The molecule has 0 saturated carbocycles. The van der Waals surface area contributed by atoms with Crippen molar-refractivity contribution in [2.24, 2.45) is 0 Å². The van der Waals surface area contributed by atoms with Crippen LogP contribution in [-0.4, -0.2) is 36.8 Å². The number of hydrogen-bond acceptors (Lipinski definition) is 7. The number of nitrogens with zero attached hydrogens (tertiary/aromatic N) is 1. The molecule has 1 heterocycles. The van der Waals surface area contributed by atoms with Crippen LogP contribution in [0.25, 0.3) is 0 Å². The summed E-state index contributed by atoms with van der Waals surface area (Å²) in [5, 5.41) is 0.0908. The molecule has 1 aliphatic heterocycles. The number of rotatable bonds is 5. The van der Waals surface area contributed by atoms with Crippen molar-refractivity contribution in [2.45, 2.75) is 13.8 Å². The van der Waals surface area contributed by atoms with Gasteiger partial charge < -0.3 is 14.4 Å². The normalized spacial score (nSPS) is 13.9. The Morgan fingerprint density at radius 2 is 1.65 bits per heavy atom. The number of carbonyl (C=O) groups is 3. The molecule has 122 valence electrons. The standard InChI is InChI=1S/C16H17NO5S/c1-3-21-15(19)13(16(20)22-4-2)14-17(10-12(18)23-14)11-8-6-5-7-9-11/h5-9H,3-4,10H2,1-2H3. The number of hydrogen-bond donors (Lipinski definition) is 0. The van der Waals surface area contributed by atoms with Gasteiger partial charge >= 0.3 is 11.9 Å². The third kappa shape index (κ3) is 3.92. The van der Waals surface area contributed by atoms with Crippen molar-refractivity contribution in [3.8, 4) is 0 Å². The quantitative estimate of drug-likeness (QED) is 0.353. The van der Waals surface area contributed by atoms with Gasteiger partial charge in [-0.3, -0.25) is 4.79 Å². The summed E-state index contributed by atoms with van der Waals surface area (Å²) in [7, 11) is 0. The van der Waals surface area contributed by atoms with Gasteiger partial charge in [0.05, 0.1) is 19.8 Å². The second-order valence-corrected chi connectivity index (χ2v) is 5.56. The molecule has 0 bridgehead atoms. The molecule has 0 atom stereocenters. The minimum atomic E-state index is -0.788. The van der Waals surface area contributed by atoms with E-state index in [1.54, 1.807) is 30.9 Å². The monoisotopic (exact) mass is 335 g/mol. The Morgan fingerprint density at radius 1 is 1.09 bits per heavy atom. The average Bonchev–Trinajstić information content (AvgIpc) is 2.90. The molecule has 1 aromatic carbocycles. The van der Waals surface area contributed by atoms with Crippen LogP contribution in [0.4, 0.5) is 5.69 Å². The Hall–Kier alpha value is -2.28. The summed E-state index contributed by atoms with van der Waals surface area (Å²) in [5.41, 5.74) is 0.473. The van der Waals surface area contributed by atoms with Crippen molar-refractivity contribution in [2.75, 3.05) is 24.7 Å². The first-order valence-corrected chi connectivity index (χ1v) is 8.01. The summed E-state index contributed by atoms with van der Waals surface area (Å²) in [6, 6.07) is 9.07. The van der Waals surface area contributed by atoms with E-state index in [-0.39, 0.29) is 35.5 Å². The second-order valence-electron chi connectivity index (χ2n) is 4.52. The summed E-state index contributed by atoms with van der Waals surface area (Å²) in [5.74, 6) is -1.58. The van der Waals surface area contributed by atoms with Crippen LogP contribution in [0.5, 0.6) is 0 Å². The van der Waals surface area contributed by atoms with Crippen molar-refractivity contribution >= 4 is 34.5 Å². The van der Waals surface area contributed by atoms with Crippen LogP contribution in [-0.2, 0) is 23.9 Å². The Kier molecular flexibility index (Phi) is 5.81. The smallest absolute Gasteiger partial charge is 0.348 e. The van der Waals surface area contributed by atoms with Gasteiger partial charge in [-0.25, -0.2) is 9.59 Å². The summed E-state index contributed by atoms with van der Waals surface area (Å²) >= 11 is 0.850. The molecule has 23 heavy (non-hydrogen) atoms. The Morgan fingerprint density at radius 3 is 2.17 bits per heavy atom. The lowest BCUT2D eigenvalue weighted by atomic mass is 10.2. The zero-order chi connectivity index (χ0) is 16.8. The number of ether oxygens (including phenoxy) is 2. The number of esters is 2. The van der Waals surface area contributed by atoms with E-state index >= 15 is 0 Å². The maximum Gasteiger partial charge on any atom is 0.348 e. The highest BCUT2D eigenvalue weighted by Crippen LogP contribution is 2.36. The Labute approximate surface area is 138 Å². The number of benzene rings is 1. The number of para-hydroxylation sites is 1. The summed E-state index contributed by atoms with van der Waals surface area (Å²) in [6.45, 7) is 3.62. The van der Waals surface area contributed by atoms with E-state index in [0.29, 0.717) is 5.69 Å². The van der Waals surface area contributed by atoms with Gasteiger partial charge in [0.2, 0.25) is 5.12 Å². The maximum absolute atomic E-state index is 12.2. The first-order chi connectivity index (χ1) is 11.1. The first kappa shape index (κ1) is 17.1. The summed E-state index contributed by atoms with van der Waals surface area (Å²) in [4.78, 5) is 37.9. The summed E-state index contributed by atoms with van der Waals surface area (Å²) < 4.78 is 9.91. The van der Waals surface area contributed by atoms with E-state index in [1.165, 1.54) is 0 Å². The van der Waals surface area contributed by atoms with Gasteiger partial charge in [0.1, 0.15) is 5.03 Å². The molecule has 0 radical (unpaired) electrons. The molecule has 0 spiro atoms. The molecular weight excluding hydrogens is 318 g/mol. The molecular formula is C16H17NO5S. The third-order valence-electron chi connectivity index (χ3n) is 2.98. The van der Waals surface area contributed by atoms with Gasteiger partial charge in [-0.1, -0.05) is 18.2 Å². The first-order valence-electron chi connectivity index (χ1n) is 7.20. The third-order valence-corrected chi connectivity index (χ3v) is 3.96. The molecule has 6 nitrogen and oxygen atoms in total. The van der Waals surface area contributed by atoms with Crippen LogP contribution in [0.15, 0.2) is 40.9 Å². The van der Waals surface area contributed by atoms with E-state index in [1.807, 2.05) is 18.2 Å². The zero-order valence-corrected chi connectivity index (χ0v) is 13.7. The van der Waals surface area contributed by atoms with Crippen LogP contribution in [0.3, 0.4) is 0 Å². The lowest BCUT2D eigenvalue weighted by Crippen LogP contribution is -2.26. The Bertz CT molecular complexity index is 621. The van der Waals surface area contributed by atoms with Crippen molar-refractivity contribution in [1.29, 1.82) is 0 Å². The van der Waals surface area contributed by atoms with Gasteiger partial charge in [0.25, 0.3) is 0 Å². The largest absolute Gasteiger partial charge is 0.462 e. The summed E-state index contributed by atoms with van der Waals surface area (Å²) in [6.07, 6.45) is 0. The molecule has 0 amide bonds. The average molecular weight is 335 g/mol. The number of anilines is 1. The lowest BCUT2D eigenvalue weighted by Gasteiger charge is -2.20. The molecule has 1 aliphatic rings. The fourth-order valence-corrected chi connectivity index (χ4v) is 3.02. The second kappa shape index (κ2) is 7.82. The van der Waals surface area contributed by atoms with Crippen LogP contribution < -0.4 is 4.90 Å². The van der Waals surface area contributed by atoms with E-state index in [4.69, 9.17) is 9.47 Å². The molecule has 1 aromatic rings. The topological polar surface area (TPSA) is 72.9 Å². The van der Waals surface area contributed by atoms with Gasteiger partial charge in [0.15, 0.2) is 5.57 Å². The minimum Gasteiger partial charge on any atom is -0.462 e. The van der Waals surface area contributed by atoms with Crippen LogP contribution >= 0.6 is 11.8 Å².